The van der Waals surface area contributed by atoms with E-state index in [9.17, 15) is 4.79 Å². The average Bonchev–Trinajstić information content (AvgIpc) is 2.03. The van der Waals surface area contributed by atoms with E-state index in [1.54, 1.807) is 7.05 Å². The van der Waals surface area contributed by atoms with Crippen molar-refractivity contribution in [3.05, 3.63) is 0 Å². The third kappa shape index (κ3) is 5.07. The minimum absolute atomic E-state index is 0.242. The molecule has 0 spiro atoms. The van der Waals surface area contributed by atoms with Crippen LogP contribution in [0.25, 0.3) is 0 Å². The van der Waals surface area contributed by atoms with Gasteiger partial charge < -0.3 is 9.64 Å². The fourth-order valence-electron chi connectivity index (χ4n) is 0.453. The predicted molar refractivity (Wildman–Crippen MR) is 48.1 cm³/mol. The third-order valence-electron chi connectivity index (χ3n) is 1.29. The Balaban J connectivity index is 3.36. The average molecular weight is 224 g/mol. The zero-order chi connectivity index (χ0) is 8.69. The molecule has 0 atom stereocenters. The quantitative estimate of drug-likeness (QED) is 0.538. The molecule has 11 heavy (non-hydrogen) atoms. The van der Waals surface area contributed by atoms with Gasteiger partial charge in [0.15, 0.2) is 0 Å². The van der Waals surface area contributed by atoms with Crippen molar-refractivity contribution in [3.8, 4) is 0 Å². The Morgan fingerprint density at radius 3 is 2.73 bits per heavy atom. The highest BCUT2D eigenvalue weighted by atomic mass is 79.9. The molecular formula is C7H14BrNO2. The van der Waals surface area contributed by atoms with Crippen LogP contribution in [0.15, 0.2) is 0 Å². The molecule has 0 bridgehead atoms. The van der Waals surface area contributed by atoms with Crippen LogP contribution >= 0.6 is 15.9 Å². The molecule has 0 unspecified atom stereocenters. The second-order valence-electron chi connectivity index (χ2n) is 2.17. The molecule has 66 valence electrons. The predicted octanol–water partition coefficient (Wildman–Crippen LogP) is 1.86. The van der Waals surface area contributed by atoms with Crippen molar-refractivity contribution in [2.45, 2.75) is 13.3 Å². The van der Waals surface area contributed by atoms with Gasteiger partial charge in [-0.15, -0.1) is 0 Å². The summed E-state index contributed by atoms with van der Waals surface area (Å²) in [7, 11) is 1.72. The first-order valence-corrected chi connectivity index (χ1v) is 4.78. The number of nitrogens with zero attached hydrogens (tertiary/aromatic N) is 1. The first-order chi connectivity index (χ1) is 5.22. The van der Waals surface area contributed by atoms with Gasteiger partial charge in [-0.05, 0) is 13.3 Å². The van der Waals surface area contributed by atoms with Crippen LogP contribution in [-0.2, 0) is 4.74 Å². The number of carbonyl (C=O) groups excluding carboxylic acids is 1. The number of ether oxygens (including phenoxy) is 1. The lowest BCUT2D eigenvalue weighted by Crippen LogP contribution is -2.27. The molecule has 0 saturated heterocycles. The van der Waals surface area contributed by atoms with Gasteiger partial charge >= 0.3 is 6.09 Å². The number of rotatable bonds is 4. The van der Waals surface area contributed by atoms with Gasteiger partial charge in [0.05, 0.1) is 6.61 Å². The van der Waals surface area contributed by atoms with Crippen LogP contribution in [0.5, 0.6) is 0 Å². The normalized spacial score (nSPS) is 9.36. The number of alkyl halides is 1. The summed E-state index contributed by atoms with van der Waals surface area (Å²) in [6.45, 7) is 3.09. The van der Waals surface area contributed by atoms with Crippen LogP contribution in [0.2, 0.25) is 0 Å². The minimum Gasteiger partial charge on any atom is -0.449 e. The first kappa shape index (κ1) is 10.8. The Morgan fingerprint density at radius 2 is 2.27 bits per heavy atom. The monoisotopic (exact) mass is 223 g/mol. The second-order valence-corrected chi connectivity index (χ2v) is 2.96. The van der Waals surface area contributed by atoms with E-state index in [2.05, 4.69) is 15.9 Å². The molecule has 0 saturated carbocycles. The van der Waals surface area contributed by atoms with Gasteiger partial charge in [0.25, 0.3) is 0 Å². The number of carbonyl (C=O) groups is 1. The summed E-state index contributed by atoms with van der Waals surface area (Å²) < 4.78 is 4.89. The highest BCUT2D eigenvalue weighted by Gasteiger charge is 2.05. The molecular weight excluding hydrogens is 210 g/mol. The zero-order valence-corrected chi connectivity index (χ0v) is 8.56. The van der Waals surface area contributed by atoms with E-state index in [4.69, 9.17) is 4.74 Å². The van der Waals surface area contributed by atoms with Crippen molar-refractivity contribution < 1.29 is 9.53 Å². The van der Waals surface area contributed by atoms with Crippen molar-refractivity contribution in [3.63, 3.8) is 0 Å². The standard InChI is InChI=1S/C7H14BrNO2/c1-3-9(2)7(10)11-6-4-5-8/h3-6H2,1-2H3. The molecule has 0 rings (SSSR count). The molecule has 0 aliphatic carbocycles. The maximum atomic E-state index is 10.9. The lowest BCUT2D eigenvalue weighted by atomic mass is 10.5. The lowest BCUT2D eigenvalue weighted by Gasteiger charge is -2.13. The largest absolute Gasteiger partial charge is 0.449 e. The number of halogens is 1. The molecule has 0 heterocycles. The van der Waals surface area contributed by atoms with Gasteiger partial charge in [-0.3, -0.25) is 0 Å². The molecule has 1 amide bonds. The van der Waals surface area contributed by atoms with Crippen LogP contribution in [0.1, 0.15) is 13.3 Å². The third-order valence-corrected chi connectivity index (χ3v) is 1.85. The van der Waals surface area contributed by atoms with E-state index in [1.807, 2.05) is 6.92 Å². The fourth-order valence-corrected chi connectivity index (χ4v) is 0.682. The van der Waals surface area contributed by atoms with Gasteiger partial charge in [0.1, 0.15) is 0 Å². The van der Waals surface area contributed by atoms with Crippen LogP contribution in [-0.4, -0.2) is 36.5 Å². The number of hydrogen-bond acceptors (Lipinski definition) is 2. The van der Waals surface area contributed by atoms with Crippen LogP contribution < -0.4 is 0 Å². The van der Waals surface area contributed by atoms with Gasteiger partial charge in [-0.1, -0.05) is 15.9 Å². The Morgan fingerprint density at radius 1 is 1.64 bits per heavy atom. The van der Waals surface area contributed by atoms with Gasteiger partial charge in [-0.2, -0.15) is 0 Å². The van der Waals surface area contributed by atoms with Gasteiger partial charge in [0, 0.05) is 18.9 Å². The fraction of sp³-hybridized carbons (Fsp3) is 0.857. The summed E-state index contributed by atoms with van der Waals surface area (Å²) in [6, 6.07) is 0. The summed E-state index contributed by atoms with van der Waals surface area (Å²) >= 11 is 3.25. The first-order valence-electron chi connectivity index (χ1n) is 3.66. The Labute approximate surface area is 75.8 Å². The molecule has 0 aliphatic heterocycles. The summed E-state index contributed by atoms with van der Waals surface area (Å²) in [6.07, 6.45) is 0.622. The molecule has 0 radical (unpaired) electrons. The maximum absolute atomic E-state index is 10.9. The molecule has 0 aromatic carbocycles. The lowest BCUT2D eigenvalue weighted by molar-refractivity contribution is 0.113. The topological polar surface area (TPSA) is 29.5 Å². The Bertz CT molecular complexity index is 119. The van der Waals surface area contributed by atoms with E-state index in [0.717, 1.165) is 11.8 Å². The smallest absolute Gasteiger partial charge is 0.409 e. The van der Waals surface area contributed by atoms with E-state index in [1.165, 1.54) is 4.90 Å². The van der Waals surface area contributed by atoms with Crippen LogP contribution in [0, 0.1) is 0 Å². The highest BCUT2D eigenvalue weighted by molar-refractivity contribution is 9.09. The second kappa shape index (κ2) is 6.46. The summed E-state index contributed by atoms with van der Waals surface area (Å²) in [5.74, 6) is 0. The summed E-state index contributed by atoms with van der Waals surface area (Å²) in [5, 5.41) is 0.871. The number of hydrogen-bond donors (Lipinski definition) is 0. The van der Waals surface area contributed by atoms with E-state index >= 15 is 0 Å². The minimum atomic E-state index is -0.242. The van der Waals surface area contributed by atoms with Crippen LogP contribution in [0.4, 0.5) is 4.79 Å². The Kier molecular flexibility index (Phi) is 6.31. The SMILES string of the molecule is CCN(C)C(=O)OCCCBr. The van der Waals surface area contributed by atoms with Crippen molar-refractivity contribution >= 4 is 22.0 Å². The van der Waals surface area contributed by atoms with E-state index in [0.29, 0.717) is 13.2 Å². The van der Waals surface area contributed by atoms with E-state index in [-0.39, 0.29) is 6.09 Å². The Hall–Kier alpha value is -0.250. The van der Waals surface area contributed by atoms with Gasteiger partial charge in [-0.25, -0.2) is 4.79 Å². The van der Waals surface area contributed by atoms with Crippen LogP contribution in [0.3, 0.4) is 0 Å². The molecule has 0 fully saturated rings. The van der Waals surface area contributed by atoms with Crippen molar-refractivity contribution in [2.24, 2.45) is 0 Å². The van der Waals surface area contributed by atoms with Crippen molar-refractivity contribution in [1.29, 1.82) is 0 Å². The molecule has 0 aromatic heterocycles. The molecule has 0 aliphatic rings. The maximum Gasteiger partial charge on any atom is 0.409 e. The zero-order valence-electron chi connectivity index (χ0n) is 6.97. The number of amides is 1. The van der Waals surface area contributed by atoms with Crippen molar-refractivity contribution in [2.75, 3.05) is 25.5 Å². The van der Waals surface area contributed by atoms with Gasteiger partial charge in [0.2, 0.25) is 0 Å². The summed E-state index contributed by atoms with van der Waals surface area (Å²) in [4.78, 5) is 12.5. The van der Waals surface area contributed by atoms with Crippen molar-refractivity contribution in [1.82, 2.24) is 4.90 Å². The molecule has 4 heteroatoms. The highest BCUT2D eigenvalue weighted by Crippen LogP contribution is 1.93. The molecule has 0 N–H and O–H groups in total. The molecule has 3 nitrogen and oxygen atoms in total. The van der Waals surface area contributed by atoms with E-state index < -0.39 is 0 Å². The summed E-state index contributed by atoms with van der Waals surface area (Å²) in [5.41, 5.74) is 0. The molecule has 0 aromatic rings.